The highest BCUT2D eigenvalue weighted by Crippen LogP contribution is 2.17. The van der Waals surface area contributed by atoms with Gasteiger partial charge in [0.2, 0.25) is 0 Å². The molecule has 7 heteroatoms. The standard InChI is InChI=1S/C22H37N5O.HI/c1-4-5-14-27-15-7-6-11-20(27)17-26-22(24-3)25-13-12-18-9-8-10-19(16-18)21(28)23-2;/h8-10,16,20H,4-7,11-15,17H2,1-3H3,(H,23,28)(H2,24,25,26);1H. The maximum absolute atomic E-state index is 11.8. The lowest BCUT2D eigenvalue weighted by molar-refractivity contribution is 0.0963. The van der Waals surface area contributed by atoms with Crippen LogP contribution in [0, 0.1) is 0 Å². The molecule has 6 nitrogen and oxygen atoms in total. The summed E-state index contributed by atoms with van der Waals surface area (Å²) in [7, 11) is 3.47. The van der Waals surface area contributed by atoms with Crippen molar-refractivity contribution in [3.05, 3.63) is 35.4 Å². The zero-order valence-electron chi connectivity index (χ0n) is 18.2. The number of piperidine rings is 1. The van der Waals surface area contributed by atoms with E-state index in [9.17, 15) is 4.79 Å². The number of nitrogens with zero attached hydrogens (tertiary/aromatic N) is 2. The molecule has 1 saturated heterocycles. The van der Waals surface area contributed by atoms with E-state index in [-0.39, 0.29) is 29.9 Å². The van der Waals surface area contributed by atoms with Gasteiger partial charge in [-0.15, -0.1) is 24.0 Å². The van der Waals surface area contributed by atoms with Gasteiger partial charge in [0, 0.05) is 38.8 Å². The van der Waals surface area contributed by atoms with Crippen LogP contribution in [0.3, 0.4) is 0 Å². The normalized spacial score (nSPS) is 17.3. The molecule has 29 heavy (non-hydrogen) atoms. The fourth-order valence-electron chi connectivity index (χ4n) is 3.72. The third kappa shape index (κ3) is 8.90. The molecule has 0 aliphatic carbocycles. The summed E-state index contributed by atoms with van der Waals surface area (Å²) in [4.78, 5) is 18.8. The largest absolute Gasteiger partial charge is 0.356 e. The molecule has 3 N–H and O–H groups in total. The Morgan fingerprint density at radius 2 is 2.10 bits per heavy atom. The van der Waals surface area contributed by atoms with Crippen molar-refractivity contribution in [1.82, 2.24) is 20.9 Å². The number of guanidine groups is 1. The van der Waals surface area contributed by atoms with E-state index in [1.54, 1.807) is 7.05 Å². The van der Waals surface area contributed by atoms with Gasteiger partial charge in [0.25, 0.3) is 5.91 Å². The van der Waals surface area contributed by atoms with Crippen LogP contribution in [-0.4, -0.2) is 63.1 Å². The predicted octanol–water partition coefficient (Wildman–Crippen LogP) is 3.03. The van der Waals surface area contributed by atoms with Crippen molar-refractivity contribution in [2.75, 3.05) is 40.3 Å². The molecule has 164 valence electrons. The summed E-state index contributed by atoms with van der Waals surface area (Å²) in [6.07, 6.45) is 7.28. The van der Waals surface area contributed by atoms with E-state index in [0.29, 0.717) is 11.6 Å². The number of nitrogens with one attached hydrogen (secondary N) is 3. The molecule has 0 aromatic heterocycles. The van der Waals surface area contributed by atoms with Gasteiger partial charge in [-0.1, -0.05) is 31.9 Å². The van der Waals surface area contributed by atoms with Gasteiger partial charge in [-0.05, 0) is 56.5 Å². The number of halogens is 1. The molecule has 1 aliphatic heterocycles. The van der Waals surface area contributed by atoms with Crippen LogP contribution in [0.4, 0.5) is 0 Å². The van der Waals surface area contributed by atoms with Crippen LogP contribution < -0.4 is 16.0 Å². The van der Waals surface area contributed by atoms with Crippen molar-refractivity contribution in [1.29, 1.82) is 0 Å². The van der Waals surface area contributed by atoms with Crippen molar-refractivity contribution < 1.29 is 4.79 Å². The average Bonchev–Trinajstić information content (AvgIpc) is 2.74. The SMILES string of the molecule is CCCCN1CCCCC1CNC(=NC)NCCc1cccc(C(=O)NC)c1.I. The zero-order valence-corrected chi connectivity index (χ0v) is 20.5. The third-order valence-electron chi connectivity index (χ3n) is 5.40. The van der Waals surface area contributed by atoms with E-state index in [0.717, 1.165) is 31.0 Å². The van der Waals surface area contributed by atoms with Crippen molar-refractivity contribution in [2.24, 2.45) is 4.99 Å². The molecule has 0 saturated carbocycles. The maximum Gasteiger partial charge on any atom is 0.251 e. The van der Waals surface area contributed by atoms with Crippen molar-refractivity contribution in [2.45, 2.75) is 51.5 Å². The van der Waals surface area contributed by atoms with Crippen LogP contribution in [-0.2, 0) is 6.42 Å². The minimum Gasteiger partial charge on any atom is -0.356 e. The second-order valence-electron chi connectivity index (χ2n) is 7.45. The van der Waals surface area contributed by atoms with Crippen LogP contribution in [0.2, 0.25) is 0 Å². The topological polar surface area (TPSA) is 68.8 Å². The van der Waals surface area contributed by atoms with Gasteiger partial charge in [0.15, 0.2) is 5.96 Å². The second-order valence-corrected chi connectivity index (χ2v) is 7.45. The van der Waals surface area contributed by atoms with Crippen molar-refractivity contribution >= 4 is 35.8 Å². The van der Waals surface area contributed by atoms with Crippen LogP contribution in [0.25, 0.3) is 0 Å². The molecule has 1 aromatic carbocycles. The number of likely N-dealkylation sites (tertiary alicyclic amines) is 1. The molecular weight excluding hydrogens is 477 g/mol. The van der Waals surface area contributed by atoms with Gasteiger partial charge in [0.1, 0.15) is 0 Å². The van der Waals surface area contributed by atoms with Gasteiger partial charge in [-0.2, -0.15) is 0 Å². The summed E-state index contributed by atoms with van der Waals surface area (Å²) < 4.78 is 0. The summed E-state index contributed by atoms with van der Waals surface area (Å²) in [5.41, 5.74) is 1.84. The molecule has 1 unspecified atom stereocenters. The molecule has 1 amide bonds. The van der Waals surface area contributed by atoms with Gasteiger partial charge < -0.3 is 16.0 Å². The Morgan fingerprint density at radius 1 is 1.28 bits per heavy atom. The minimum atomic E-state index is -0.0487. The summed E-state index contributed by atoms with van der Waals surface area (Å²) in [5, 5.41) is 9.57. The van der Waals surface area contributed by atoms with Gasteiger partial charge in [-0.25, -0.2) is 0 Å². The summed E-state index contributed by atoms with van der Waals surface area (Å²) in [6, 6.07) is 8.37. The summed E-state index contributed by atoms with van der Waals surface area (Å²) in [5.74, 6) is 0.802. The van der Waals surface area contributed by atoms with E-state index < -0.39 is 0 Å². The first-order valence-corrected chi connectivity index (χ1v) is 10.7. The first-order valence-electron chi connectivity index (χ1n) is 10.7. The van der Waals surface area contributed by atoms with E-state index in [1.165, 1.54) is 45.2 Å². The number of hydrogen-bond acceptors (Lipinski definition) is 3. The highest BCUT2D eigenvalue weighted by Gasteiger charge is 2.21. The molecule has 1 heterocycles. The second kappa shape index (κ2) is 14.6. The smallest absolute Gasteiger partial charge is 0.251 e. The van der Waals surface area contributed by atoms with Crippen LogP contribution in [0.5, 0.6) is 0 Å². The van der Waals surface area contributed by atoms with E-state index in [1.807, 2.05) is 25.2 Å². The third-order valence-corrected chi connectivity index (χ3v) is 5.40. The highest BCUT2D eigenvalue weighted by molar-refractivity contribution is 14.0. The predicted molar refractivity (Wildman–Crippen MR) is 132 cm³/mol. The molecule has 0 spiro atoms. The lowest BCUT2D eigenvalue weighted by atomic mass is 10.0. The first kappa shape index (κ1) is 25.7. The number of carbonyl (C=O) groups is 1. The molecule has 1 atom stereocenters. The Balaban J connectivity index is 0.00000420. The zero-order chi connectivity index (χ0) is 20.2. The van der Waals surface area contributed by atoms with E-state index in [2.05, 4.69) is 38.8 Å². The van der Waals surface area contributed by atoms with E-state index >= 15 is 0 Å². The summed E-state index contributed by atoms with van der Waals surface area (Å²) in [6.45, 7) is 6.40. The number of amides is 1. The number of carbonyl (C=O) groups excluding carboxylic acids is 1. The van der Waals surface area contributed by atoms with Crippen LogP contribution in [0.1, 0.15) is 54.9 Å². The maximum atomic E-state index is 11.8. The molecule has 1 aliphatic rings. The van der Waals surface area contributed by atoms with Gasteiger partial charge in [-0.3, -0.25) is 14.7 Å². The van der Waals surface area contributed by atoms with Gasteiger partial charge in [0.05, 0.1) is 0 Å². The quantitative estimate of drug-likeness (QED) is 0.269. The van der Waals surface area contributed by atoms with Gasteiger partial charge >= 0.3 is 0 Å². The minimum absolute atomic E-state index is 0. The number of benzene rings is 1. The molecule has 1 aromatic rings. The number of hydrogen-bond donors (Lipinski definition) is 3. The number of rotatable bonds is 9. The Morgan fingerprint density at radius 3 is 2.83 bits per heavy atom. The van der Waals surface area contributed by atoms with Crippen molar-refractivity contribution in [3.8, 4) is 0 Å². The van der Waals surface area contributed by atoms with Crippen LogP contribution in [0.15, 0.2) is 29.3 Å². The molecule has 2 rings (SSSR count). The molecule has 0 radical (unpaired) electrons. The fraction of sp³-hybridized carbons (Fsp3) is 0.636. The Bertz CT molecular complexity index is 637. The fourth-order valence-corrected chi connectivity index (χ4v) is 3.72. The molecule has 0 bridgehead atoms. The van der Waals surface area contributed by atoms with E-state index in [4.69, 9.17) is 0 Å². The molecular formula is C22H38IN5O. The first-order chi connectivity index (χ1) is 13.7. The lowest BCUT2D eigenvalue weighted by Gasteiger charge is -2.36. The Kier molecular flexibility index (Phi) is 12.9. The number of aliphatic imine (C=N–C) groups is 1. The number of unbranched alkanes of at least 4 members (excludes halogenated alkanes) is 1. The van der Waals surface area contributed by atoms with Crippen molar-refractivity contribution in [3.63, 3.8) is 0 Å². The summed E-state index contributed by atoms with van der Waals surface area (Å²) >= 11 is 0. The highest BCUT2D eigenvalue weighted by atomic mass is 127. The molecule has 1 fully saturated rings. The Hall–Kier alpha value is -1.35. The van der Waals surface area contributed by atoms with Crippen LogP contribution >= 0.6 is 24.0 Å². The Labute approximate surface area is 193 Å². The average molecular weight is 515 g/mol. The monoisotopic (exact) mass is 515 g/mol. The lowest BCUT2D eigenvalue weighted by Crippen LogP contribution is -2.49.